The van der Waals surface area contributed by atoms with E-state index in [0.717, 1.165) is 5.56 Å². The van der Waals surface area contributed by atoms with E-state index < -0.39 is 6.04 Å². The van der Waals surface area contributed by atoms with Crippen LogP contribution in [0.15, 0.2) is 30.3 Å². The van der Waals surface area contributed by atoms with Crippen LogP contribution >= 0.6 is 0 Å². The summed E-state index contributed by atoms with van der Waals surface area (Å²) in [5.74, 6) is -0.233. The molecule has 0 bridgehead atoms. The molecule has 15 heavy (non-hydrogen) atoms. The third-order valence-corrected chi connectivity index (χ3v) is 1.81. The standard InChI is InChI=1S/C10H13N4O/c11-10(12)14-13-9(7-15)6-8-4-2-1-3-5-8/h1-5,9,13H,6H2,(H4,11,12,14). The minimum Gasteiger partial charge on any atom is -0.369 e. The molecule has 0 saturated carbocycles. The second-order valence-corrected chi connectivity index (χ2v) is 3.04. The van der Waals surface area contributed by atoms with E-state index in [4.69, 9.17) is 11.1 Å². The van der Waals surface area contributed by atoms with Crippen LogP contribution in [-0.2, 0) is 11.2 Å². The molecule has 0 amide bonds. The highest BCUT2D eigenvalue weighted by molar-refractivity contribution is 5.74. The van der Waals surface area contributed by atoms with Crippen molar-refractivity contribution in [2.24, 2.45) is 5.73 Å². The summed E-state index contributed by atoms with van der Waals surface area (Å²) in [5.41, 5.74) is 11.0. The summed E-state index contributed by atoms with van der Waals surface area (Å²) in [6.45, 7) is 0. The lowest BCUT2D eigenvalue weighted by molar-refractivity contribution is 0.501. The van der Waals surface area contributed by atoms with Crippen molar-refractivity contribution in [2.75, 3.05) is 0 Å². The quantitative estimate of drug-likeness (QED) is 0.301. The third kappa shape index (κ3) is 4.24. The van der Waals surface area contributed by atoms with Crippen molar-refractivity contribution in [3.05, 3.63) is 35.9 Å². The largest absolute Gasteiger partial charge is 0.369 e. The van der Waals surface area contributed by atoms with Gasteiger partial charge in [0.2, 0.25) is 6.29 Å². The summed E-state index contributed by atoms with van der Waals surface area (Å²) < 4.78 is 0. The van der Waals surface area contributed by atoms with Crippen LogP contribution in [0.4, 0.5) is 0 Å². The van der Waals surface area contributed by atoms with Crippen molar-refractivity contribution in [3.8, 4) is 0 Å². The van der Waals surface area contributed by atoms with Crippen LogP contribution in [-0.4, -0.2) is 18.3 Å². The number of guanidine groups is 1. The first kappa shape index (κ1) is 11.2. The summed E-state index contributed by atoms with van der Waals surface area (Å²) in [4.78, 5) is 10.6. The van der Waals surface area contributed by atoms with E-state index in [1.54, 1.807) is 0 Å². The van der Waals surface area contributed by atoms with E-state index in [-0.39, 0.29) is 5.96 Å². The van der Waals surface area contributed by atoms with Crippen molar-refractivity contribution >= 4 is 12.2 Å². The highest BCUT2D eigenvalue weighted by atomic mass is 16.1. The first-order valence-electron chi connectivity index (χ1n) is 4.49. The lowest BCUT2D eigenvalue weighted by Gasteiger charge is -2.12. The Bertz CT molecular complexity index is 325. The van der Waals surface area contributed by atoms with Gasteiger partial charge in [0.15, 0.2) is 5.96 Å². The predicted molar refractivity (Wildman–Crippen MR) is 57.8 cm³/mol. The Labute approximate surface area is 88.1 Å². The van der Waals surface area contributed by atoms with Crippen molar-refractivity contribution in [1.29, 1.82) is 5.41 Å². The first-order chi connectivity index (χ1) is 7.22. The van der Waals surface area contributed by atoms with Crippen LogP contribution < -0.4 is 16.6 Å². The van der Waals surface area contributed by atoms with Crippen LogP contribution in [0.1, 0.15) is 5.56 Å². The Kier molecular flexibility index (Phi) is 4.30. The van der Waals surface area contributed by atoms with Crippen LogP contribution in [0.25, 0.3) is 0 Å². The van der Waals surface area contributed by atoms with E-state index in [2.05, 4.69) is 10.9 Å². The molecule has 1 radical (unpaired) electrons. The van der Waals surface area contributed by atoms with Gasteiger partial charge < -0.3 is 5.73 Å². The highest BCUT2D eigenvalue weighted by Crippen LogP contribution is 2.01. The summed E-state index contributed by atoms with van der Waals surface area (Å²) in [7, 11) is 0. The van der Waals surface area contributed by atoms with Crippen molar-refractivity contribution in [3.63, 3.8) is 0 Å². The van der Waals surface area contributed by atoms with Gasteiger partial charge in [-0.1, -0.05) is 30.3 Å². The van der Waals surface area contributed by atoms with Crippen LogP contribution in [0.5, 0.6) is 0 Å². The van der Waals surface area contributed by atoms with Gasteiger partial charge >= 0.3 is 0 Å². The zero-order chi connectivity index (χ0) is 11.1. The molecular formula is C10H13N4O. The van der Waals surface area contributed by atoms with E-state index >= 15 is 0 Å². The molecule has 5 heteroatoms. The molecule has 0 aliphatic carbocycles. The minimum atomic E-state index is -0.517. The minimum absolute atomic E-state index is 0.233. The summed E-state index contributed by atoms with van der Waals surface area (Å²) in [6, 6.07) is 9.02. The van der Waals surface area contributed by atoms with Crippen molar-refractivity contribution in [1.82, 2.24) is 10.9 Å². The van der Waals surface area contributed by atoms with E-state index in [9.17, 15) is 4.79 Å². The number of hydrogen-bond donors (Lipinski definition) is 4. The second kappa shape index (κ2) is 5.77. The summed E-state index contributed by atoms with van der Waals surface area (Å²) in [5, 5.41) is 6.92. The van der Waals surface area contributed by atoms with E-state index in [1.807, 2.05) is 36.6 Å². The number of hydrazine groups is 1. The molecule has 5 nitrogen and oxygen atoms in total. The molecule has 0 heterocycles. The average Bonchev–Trinajstić information content (AvgIpc) is 2.25. The molecule has 0 saturated heterocycles. The number of benzene rings is 1. The van der Waals surface area contributed by atoms with Gasteiger partial charge in [-0.05, 0) is 12.0 Å². The molecule has 0 fully saturated rings. The van der Waals surface area contributed by atoms with Crippen LogP contribution in [0.2, 0.25) is 0 Å². The van der Waals surface area contributed by atoms with E-state index in [1.165, 1.54) is 0 Å². The number of rotatable bonds is 5. The first-order valence-corrected chi connectivity index (χ1v) is 4.49. The van der Waals surface area contributed by atoms with Gasteiger partial charge in [-0.15, -0.1) is 0 Å². The molecular weight excluding hydrogens is 192 g/mol. The zero-order valence-corrected chi connectivity index (χ0v) is 8.16. The Morgan fingerprint density at radius 3 is 2.67 bits per heavy atom. The predicted octanol–water partition coefficient (Wildman–Crippen LogP) is -0.305. The maximum atomic E-state index is 10.6. The van der Waals surface area contributed by atoms with Gasteiger partial charge in [-0.25, -0.2) is 5.43 Å². The Hall–Kier alpha value is -1.88. The van der Waals surface area contributed by atoms with Crippen LogP contribution in [0.3, 0.4) is 0 Å². The van der Waals surface area contributed by atoms with Gasteiger partial charge in [0, 0.05) is 0 Å². The maximum absolute atomic E-state index is 10.6. The topological polar surface area (TPSA) is 91.0 Å². The molecule has 1 atom stereocenters. The fourth-order valence-corrected chi connectivity index (χ4v) is 1.14. The lowest BCUT2D eigenvalue weighted by Crippen LogP contribution is -2.48. The van der Waals surface area contributed by atoms with Crippen LogP contribution in [0, 0.1) is 5.41 Å². The Morgan fingerprint density at radius 2 is 2.13 bits per heavy atom. The molecule has 1 aromatic carbocycles. The number of nitrogens with one attached hydrogen (secondary N) is 3. The summed E-state index contributed by atoms with van der Waals surface area (Å²) in [6.07, 6.45) is 2.33. The molecule has 1 rings (SSSR count). The highest BCUT2D eigenvalue weighted by Gasteiger charge is 2.08. The Morgan fingerprint density at radius 1 is 1.47 bits per heavy atom. The number of hydrogen-bond acceptors (Lipinski definition) is 3. The van der Waals surface area contributed by atoms with Gasteiger partial charge in [0.1, 0.15) is 0 Å². The zero-order valence-electron chi connectivity index (χ0n) is 8.16. The van der Waals surface area contributed by atoms with E-state index in [0.29, 0.717) is 6.42 Å². The SMILES string of the molecule is N=C(N)NNC([C]=O)Cc1ccccc1. The number of nitrogens with two attached hydrogens (primary N) is 1. The van der Waals surface area contributed by atoms with Gasteiger partial charge in [-0.2, -0.15) is 0 Å². The smallest absolute Gasteiger partial charge is 0.219 e. The summed E-state index contributed by atoms with van der Waals surface area (Å²) >= 11 is 0. The van der Waals surface area contributed by atoms with Crippen molar-refractivity contribution < 1.29 is 4.79 Å². The molecule has 0 aliphatic rings. The molecule has 0 aliphatic heterocycles. The average molecular weight is 205 g/mol. The van der Waals surface area contributed by atoms with Crippen molar-refractivity contribution in [2.45, 2.75) is 12.5 Å². The molecule has 5 N–H and O–H groups in total. The van der Waals surface area contributed by atoms with Gasteiger partial charge in [0.05, 0.1) is 6.04 Å². The molecule has 1 aromatic rings. The Balaban J connectivity index is 2.47. The molecule has 0 aromatic heterocycles. The van der Waals surface area contributed by atoms with Gasteiger partial charge in [-0.3, -0.25) is 15.6 Å². The second-order valence-electron chi connectivity index (χ2n) is 3.04. The lowest BCUT2D eigenvalue weighted by atomic mass is 10.1. The fraction of sp³-hybridized carbons (Fsp3) is 0.200. The maximum Gasteiger partial charge on any atom is 0.219 e. The molecule has 79 valence electrons. The third-order valence-electron chi connectivity index (χ3n) is 1.81. The monoisotopic (exact) mass is 205 g/mol. The normalized spacial score (nSPS) is 11.7. The molecule has 1 unspecified atom stereocenters. The van der Waals surface area contributed by atoms with Gasteiger partial charge in [0.25, 0.3) is 0 Å². The fourth-order valence-electron chi connectivity index (χ4n) is 1.14. The number of carbonyl (C=O) groups excluding carboxylic acids is 1. The molecule has 0 spiro atoms.